The summed E-state index contributed by atoms with van der Waals surface area (Å²) in [6.07, 6.45) is 8.58. The third-order valence-electron chi connectivity index (χ3n) is 4.92. The maximum absolute atomic E-state index is 12.9. The Kier molecular flexibility index (Phi) is 4.72. The summed E-state index contributed by atoms with van der Waals surface area (Å²) in [5.74, 6) is 0.00163. The Morgan fingerprint density at radius 2 is 2.08 bits per heavy atom. The van der Waals surface area contributed by atoms with Crippen LogP contribution >= 0.6 is 0 Å². The Morgan fingerprint density at radius 1 is 1.20 bits per heavy atom. The van der Waals surface area contributed by atoms with E-state index < -0.39 is 0 Å². The standard InChI is InChI=1S/C19H21N3O3/c23-19(15-2-1-7-21-12-15)22-10-11-24-17-4-3-16(22)18(17)25-13-14-5-8-20-9-6-14/h1-2,5-9,12,16-18H,3-4,10-11,13H2/t16-,17-,18-/m0/s1. The highest BCUT2D eigenvalue weighted by molar-refractivity contribution is 5.94. The maximum Gasteiger partial charge on any atom is 0.255 e. The molecule has 4 rings (SSSR count). The van der Waals surface area contributed by atoms with Crippen molar-refractivity contribution in [3.63, 3.8) is 0 Å². The fourth-order valence-corrected chi connectivity index (χ4v) is 3.69. The van der Waals surface area contributed by atoms with E-state index in [4.69, 9.17) is 9.47 Å². The zero-order valence-corrected chi connectivity index (χ0v) is 14.0. The number of rotatable bonds is 4. The summed E-state index contributed by atoms with van der Waals surface area (Å²) < 4.78 is 12.2. The first-order valence-corrected chi connectivity index (χ1v) is 8.66. The number of fused-ring (bicyclic) bond motifs is 2. The molecule has 0 radical (unpaired) electrons. The predicted molar refractivity (Wildman–Crippen MR) is 90.8 cm³/mol. The molecule has 0 N–H and O–H groups in total. The van der Waals surface area contributed by atoms with Gasteiger partial charge in [0.1, 0.15) is 6.10 Å². The van der Waals surface area contributed by atoms with Crippen molar-refractivity contribution in [2.75, 3.05) is 13.2 Å². The molecule has 3 heterocycles. The number of pyridine rings is 2. The van der Waals surface area contributed by atoms with Gasteiger partial charge in [0, 0.05) is 31.3 Å². The number of carbonyl (C=O) groups excluding carboxylic acids is 1. The molecular formula is C19H21N3O3. The molecule has 2 aromatic rings. The fourth-order valence-electron chi connectivity index (χ4n) is 3.69. The van der Waals surface area contributed by atoms with Gasteiger partial charge >= 0.3 is 0 Å². The van der Waals surface area contributed by atoms with E-state index in [1.54, 1.807) is 36.9 Å². The van der Waals surface area contributed by atoms with E-state index in [0.29, 0.717) is 25.3 Å². The number of ether oxygens (including phenoxy) is 2. The lowest BCUT2D eigenvalue weighted by atomic mass is 10.1. The molecule has 0 spiro atoms. The number of nitrogens with zero attached hydrogens (tertiary/aromatic N) is 3. The van der Waals surface area contributed by atoms with Gasteiger partial charge in [0.2, 0.25) is 0 Å². The monoisotopic (exact) mass is 339 g/mol. The van der Waals surface area contributed by atoms with Crippen LogP contribution in [0.2, 0.25) is 0 Å². The molecule has 25 heavy (non-hydrogen) atoms. The van der Waals surface area contributed by atoms with Crippen LogP contribution in [0.4, 0.5) is 0 Å². The van der Waals surface area contributed by atoms with Crippen LogP contribution in [0.3, 0.4) is 0 Å². The van der Waals surface area contributed by atoms with Gasteiger partial charge in [0.15, 0.2) is 0 Å². The molecule has 1 saturated heterocycles. The number of hydrogen-bond acceptors (Lipinski definition) is 5. The number of hydrogen-bond donors (Lipinski definition) is 0. The highest BCUT2D eigenvalue weighted by Crippen LogP contribution is 2.33. The van der Waals surface area contributed by atoms with Crippen molar-refractivity contribution in [3.8, 4) is 0 Å². The minimum absolute atomic E-state index is 0.00163. The first-order chi connectivity index (χ1) is 12.3. The van der Waals surface area contributed by atoms with Crippen molar-refractivity contribution >= 4 is 5.91 Å². The topological polar surface area (TPSA) is 64.6 Å². The third-order valence-corrected chi connectivity index (χ3v) is 4.92. The first kappa shape index (κ1) is 16.2. The van der Waals surface area contributed by atoms with Gasteiger partial charge in [0.05, 0.1) is 30.9 Å². The largest absolute Gasteiger partial charge is 0.374 e. The molecule has 1 aliphatic heterocycles. The Bertz CT molecular complexity index is 710. The van der Waals surface area contributed by atoms with E-state index in [1.165, 1.54) is 0 Å². The van der Waals surface area contributed by atoms with Gasteiger partial charge in [-0.05, 0) is 42.7 Å². The highest BCUT2D eigenvalue weighted by Gasteiger charge is 2.44. The van der Waals surface area contributed by atoms with Crippen LogP contribution in [0.25, 0.3) is 0 Å². The van der Waals surface area contributed by atoms with Gasteiger partial charge in [-0.15, -0.1) is 0 Å². The molecule has 1 amide bonds. The van der Waals surface area contributed by atoms with Crippen LogP contribution in [0.5, 0.6) is 0 Å². The Balaban J connectivity index is 1.51. The van der Waals surface area contributed by atoms with Crippen molar-refractivity contribution in [3.05, 3.63) is 60.2 Å². The van der Waals surface area contributed by atoms with E-state index in [0.717, 1.165) is 18.4 Å². The van der Waals surface area contributed by atoms with Crippen molar-refractivity contribution in [1.29, 1.82) is 0 Å². The molecule has 2 bridgehead atoms. The zero-order valence-electron chi connectivity index (χ0n) is 14.0. The lowest BCUT2D eigenvalue weighted by Crippen LogP contribution is -2.46. The van der Waals surface area contributed by atoms with E-state index >= 15 is 0 Å². The lowest BCUT2D eigenvalue weighted by Gasteiger charge is -2.31. The molecule has 3 atom stereocenters. The van der Waals surface area contributed by atoms with E-state index in [1.807, 2.05) is 17.0 Å². The van der Waals surface area contributed by atoms with Gasteiger partial charge in [-0.25, -0.2) is 0 Å². The van der Waals surface area contributed by atoms with Crippen LogP contribution in [0.1, 0.15) is 28.8 Å². The normalized spacial score (nSPS) is 25.6. The van der Waals surface area contributed by atoms with Crippen LogP contribution in [0.15, 0.2) is 49.1 Å². The van der Waals surface area contributed by atoms with Gasteiger partial charge < -0.3 is 14.4 Å². The van der Waals surface area contributed by atoms with E-state index in [-0.39, 0.29) is 24.2 Å². The number of aromatic nitrogens is 2. The molecule has 6 nitrogen and oxygen atoms in total. The van der Waals surface area contributed by atoms with Crippen LogP contribution < -0.4 is 0 Å². The summed E-state index contributed by atoms with van der Waals surface area (Å²) in [6.45, 7) is 1.63. The zero-order chi connectivity index (χ0) is 17.1. The van der Waals surface area contributed by atoms with Crippen molar-refractivity contribution in [2.24, 2.45) is 0 Å². The van der Waals surface area contributed by atoms with Crippen molar-refractivity contribution in [1.82, 2.24) is 14.9 Å². The molecule has 6 heteroatoms. The van der Waals surface area contributed by atoms with E-state index in [9.17, 15) is 4.79 Å². The summed E-state index contributed by atoms with van der Waals surface area (Å²) in [4.78, 5) is 22.9. The molecule has 1 saturated carbocycles. The molecule has 2 aliphatic rings. The first-order valence-electron chi connectivity index (χ1n) is 8.66. The summed E-state index contributed by atoms with van der Waals surface area (Å²) >= 11 is 0. The second-order valence-corrected chi connectivity index (χ2v) is 6.43. The van der Waals surface area contributed by atoms with Crippen LogP contribution in [-0.4, -0.2) is 52.2 Å². The number of amides is 1. The van der Waals surface area contributed by atoms with Crippen LogP contribution in [-0.2, 0) is 16.1 Å². The average molecular weight is 339 g/mol. The summed E-state index contributed by atoms with van der Waals surface area (Å²) in [5, 5.41) is 0. The second kappa shape index (κ2) is 7.29. The maximum atomic E-state index is 12.9. The molecule has 130 valence electrons. The predicted octanol–water partition coefficient (Wildman–Crippen LogP) is 2.07. The molecular weight excluding hydrogens is 318 g/mol. The van der Waals surface area contributed by atoms with Crippen LogP contribution in [0, 0.1) is 0 Å². The quantitative estimate of drug-likeness (QED) is 0.853. The Morgan fingerprint density at radius 3 is 2.88 bits per heavy atom. The summed E-state index contributed by atoms with van der Waals surface area (Å²) in [6, 6.07) is 7.52. The highest BCUT2D eigenvalue weighted by atomic mass is 16.5. The molecule has 0 unspecified atom stereocenters. The third kappa shape index (κ3) is 3.41. The van der Waals surface area contributed by atoms with Gasteiger partial charge in [-0.2, -0.15) is 0 Å². The Hall–Kier alpha value is -2.31. The van der Waals surface area contributed by atoms with Gasteiger partial charge in [0.25, 0.3) is 5.91 Å². The average Bonchev–Trinajstić information content (AvgIpc) is 2.96. The SMILES string of the molecule is O=C(c1cccnc1)N1CCO[C@H]2CC[C@H]1[C@@H]2OCc1ccncc1. The summed E-state index contributed by atoms with van der Waals surface area (Å²) in [5.41, 5.74) is 1.68. The summed E-state index contributed by atoms with van der Waals surface area (Å²) in [7, 11) is 0. The molecule has 1 aliphatic carbocycles. The fraction of sp³-hybridized carbons (Fsp3) is 0.421. The second-order valence-electron chi connectivity index (χ2n) is 6.43. The lowest BCUT2D eigenvalue weighted by molar-refractivity contribution is -0.0597. The van der Waals surface area contributed by atoms with Crippen molar-refractivity contribution < 1.29 is 14.3 Å². The molecule has 2 fully saturated rings. The number of carbonyl (C=O) groups is 1. The molecule has 2 aromatic heterocycles. The van der Waals surface area contributed by atoms with Crippen molar-refractivity contribution in [2.45, 2.75) is 37.7 Å². The minimum Gasteiger partial charge on any atom is -0.374 e. The minimum atomic E-state index is -0.101. The smallest absolute Gasteiger partial charge is 0.255 e. The van der Waals surface area contributed by atoms with E-state index in [2.05, 4.69) is 9.97 Å². The van der Waals surface area contributed by atoms with Gasteiger partial charge in [-0.1, -0.05) is 0 Å². The Labute approximate surface area is 146 Å². The van der Waals surface area contributed by atoms with Gasteiger partial charge in [-0.3, -0.25) is 14.8 Å². The molecule has 0 aromatic carbocycles.